The van der Waals surface area contributed by atoms with Crippen molar-refractivity contribution in [3.8, 4) is 11.3 Å². The molecule has 0 unspecified atom stereocenters. The van der Waals surface area contributed by atoms with Crippen LogP contribution in [-0.4, -0.2) is 22.8 Å². The Bertz CT molecular complexity index is 1380. The number of ether oxygens (including phenoxy) is 1. The molecule has 4 aromatic rings. The fourth-order valence-electron chi connectivity index (χ4n) is 4.73. The van der Waals surface area contributed by atoms with E-state index in [2.05, 4.69) is 31.2 Å². The van der Waals surface area contributed by atoms with Crippen molar-refractivity contribution in [3.05, 3.63) is 101 Å². The Balaban J connectivity index is 1.59. The molecule has 0 saturated heterocycles. The average Bonchev–Trinajstić information content (AvgIpc) is 2.95. The molecule has 1 aromatic heterocycles. The van der Waals surface area contributed by atoms with Gasteiger partial charge in [-0.15, -0.1) is 0 Å². The van der Waals surface area contributed by atoms with Crippen molar-refractivity contribution in [1.82, 2.24) is 4.98 Å². The molecule has 0 aliphatic heterocycles. The van der Waals surface area contributed by atoms with Gasteiger partial charge in [0.2, 0.25) is 5.78 Å². The first-order valence-electron chi connectivity index (χ1n) is 13.8. The second kappa shape index (κ2) is 13.1. The third-order valence-electron chi connectivity index (χ3n) is 6.97. The monoisotopic (exact) mass is 507 g/mol. The molecule has 1 heterocycles. The van der Waals surface area contributed by atoms with Crippen molar-refractivity contribution in [2.45, 2.75) is 71.8 Å². The molecule has 0 amide bonds. The molecule has 3 aromatic carbocycles. The number of pyridine rings is 1. The highest BCUT2D eigenvalue weighted by Crippen LogP contribution is 2.27. The summed E-state index contributed by atoms with van der Waals surface area (Å²) < 4.78 is 5.82. The van der Waals surface area contributed by atoms with Crippen LogP contribution >= 0.6 is 0 Å². The summed E-state index contributed by atoms with van der Waals surface area (Å²) in [6.07, 6.45) is 6.93. The fraction of sp³-hybridized carbons (Fsp3) is 0.324. The highest BCUT2D eigenvalue weighted by Gasteiger charge is 2.25. The lowest BCUT2D eigenvalue weighted by Gasteiger charge is -2.17. The number of benzene rings is 3. The third-order valence-corrected chi connectivity index (χ3v) is 6.97. The number of Topliss-reactive ketones (excluding diaryl/α,β-unsaturated/α-hetero) is 1. The van der Waals surface area contributed by atoms with Gasteiger partial charge in [-0.2, -0.15) is 0 Å². The van der Waals surface area contributed by atoms with E-state index in [1.807, 2.05) is 50.2 Å². The second-order valence-electron chi connectivity index (χ2n) is 9.97. The number of rotatable bonds is 12. The van der Waals surface area contributed by atoms with Gasteiger partial charge in [-0.25, -0.2) is 9.78 Å². The SMILES string of the molecule is CCCCCCCc1ccc(-c2cc(C(=O)O[C@H](CC)C(=O)c3ccccc3)c3cc(C)ccc3n2)cc1. The normalized spacial score (nSPS) is 11.9. The number of esters is 1. The van der Waals surface area contributed by atoms with Crippen LogP contribution in [0.25, 0.3) is 22.2 Å². The maximum atomic E-state index is 13.5. The summed E-state index contributed by atoms with van der Waals surface area (Å²) in [5.41, 5.74) is 5.68. The van der Waals surface area contributed by atoms with E-state index >= 15 is 0 Å². The lowest BCUT2D eigenvalue weighted by molar-refractivity contribution is 0.0279. The molecule has 0 bridgehead atoms. The summed E-state index contributed by atoms with van der Waals surface area (Å²) in [5, 5.41) is 0.726. The van der Waals surface area contributed by atoms with Crippen LogP contribution in [0.3, 0.4) is 0 Å². The largest absolute Gasteiger partial charge is 0.450 e. The first-order chi connectivity index (χ1) is 18.5. The van der Waals surface area contributed by atoms with E-state index in [1.54, 1.807) is 18.2 Å². The van der Waals surface area contributed by atoms with Crippen LogP contribution in [0.15, 0.2) is 78.9 Å². The predicted octanol–water partition coefficient (Wildman–Crippen LogP) is 8.54. The van der Waals surface area contributed by atoms with Gasteiger partial charge in [0, 0.05) is 16.5 Å². The average molecular weight is 508 g/mol. The van der Waals surface area contributed by atoms with Gasteiger partial charge in [0.1, 0.15) is 0 Å². The van der Waals surface area contributed by atoms with Gasteiger partial charge < -0.3 is 4.74 Å². The van der Waals surface area contributed by atoms with E-state index in [0.29, 0.717) is 23.2 Å². The van der Waals surface area contributed by atoms with Crippen molar-refractivity contribution in [2.75, 3.05) is 0 Å². The molecule has 0 fully saturated rings. The number of carbonyl (C=O) groups excluding carboxylic acids is 2. The number of hydrogen-bond donors (Lipinski definition) is 0. The minimum Gasteiger partial charge on any atom is -0.450 e. The standard InChI is InChI=1S/C34H37NO3/c1-4-6-7-8-10-13-25-17-19-26(20-18-25)31-23-29(28-22-24(3)16-21-30(28)35-31)34(37)38-32(5-2)33(36)27-14-11-9-12-15-27/h9,11-12,14-23,32H,4-8,10,13H2,1-3H3/t32-/m1/s1. The molecule has 0 N–H and O–H groups in total. The first-order valence-corrected chi connectivity index (χ1v) is 13.8. The van der Waals surface area contributed by atoms with Crippen molar-refractivity contribution in [1.29, 1.82) is 0 Å². The molecule has 0 spiro atoms. The molecular weight excluding hydrogens is 470 g/mol. The molecule has 0 radical (unpaired) electrons. The fourth-order valence-corrected chi connectivity index (χ4v) is 4.73. The maximum Gasteiger partial charge on any atom is 0.339 e. The lowest BCUT2D eigenvalue weighted by Crippen LogP contribution is -2.27. The van der Waals surface area contributed by atoms with Gasteiger partial charge >= 0.3 is 5.97 Å². The molecule has 0 aliphatic carbocycles. The Labute approximate surface area is 226 Å². The van der Waals surface area contributed by atoms with E-state index in [0.717, 1.165) is 28.5 Å². The summed E-state index contributed by atoms with van der Waals surface area (Å²) >= 11 is 0. The van der Waals surface area contributed by atoms with Gasteiger partial charge in [0.25, 0.3) is 0 Å². The zero-order chi connectivity index (χ0) is 26.9. The van der Waals surface area contributed by atoms with Gasteiger partial charge in [0.05, 0.1) is 16.8 Å². The van der Waals surface area contributed by atoms with Crippen LogP contribution in [-0.2, 0) is 11.2 Å². The van der Waals surface area contributed by atoms with Crippen LogP contribution in [0.4, 0.5) is 0 Å². The van der Waals surface area contributed by atoms with E-state index in [9.17, 15) is 9.59 Å². The van der Waals surface area contributed by atoms with Crippen molar-refractivity contribution in [3.63, 3.8) is 0 Å². The summed E-state index contributed by atoms with van der Waals surface area (Å²) in [6, 6.07) is 25.1. The molecule has 196 valence electrons. The summed E-state index contributed by atoms with van der Waals surface area (Å²) in [4.78, 5) is 31.4. The van der Waals surface area contributed by atoms with Crippen LogP contribution < -0.4 is 0 Å². The Kier molecular flexibility index (Phi) is 9.42. The Morgan fingerprint density at radius 3 is 2.29 bits per heavy atom. The molecular formula is C34H37NO3. The smallest absolute Gasteiger partial charge is 0.339 e. The van der Waals surface area contributed by atoms with Gasteiger partial charge in [-0.05, 0) is 49.9 Å². The maximum absolute atomic E-state index is 13.5. The number of aromatic nitrogens is 1. The van der Waals surface area contributed by atoms with Crippen molar-refractivity contribution >= 4 is 22.7 Å². The van der Waals surface area contributed by atoms with Crippen LogP contribution in [0.2, 0.25) is 0 Å². The van der Waals surface area contributed by atoms with Crippen LogP contribution in [0, 0.1) is 6.92 Å². The topological polar surface area (TPSA) is 56.3 Å². The number of nitrogens with zero attached hydrogens (tertiary/aromatic N) is 1. The van der Waals surface area contributed by atoms with E-state index in [1.165, 1.54) is 37.7 Å². The zero-order valence-electron chi connectivity index (χ0n) is 22.7. The van der Waals surface area contributed by atoms with Gasteiger partial charge in [0.15, 0.2) is 6.10 Å². The first kappa shape index (κ1) is 27.3. The van der Waals surface area contributed by atoms with E-state index in [4.69, 9.17) is 9.72 Å². The van der Waals surface area contributed by atoms with Crippen LogP contribution in [0.1, 0.15) is 84.2 Å². The van der Waals surface area contributed by atoms with Gasteiger partial charge in [-0.1, -0.05) is 106 Å². The molecule has 38 heavy (non-hydrogen) atoms. The molecule has 0 aliphatic rings. The Morgan fingerprint density at radius 2 is 1.58 bits per heavy atom. The number of ketones is 1. The molecule has 1 atom stereocenters. The summed E-state index contributed by atoms with van der Waals surface area (Å²) in [6.45, 7) is 6.07. The number of hydrogen-bond acceptors (Lipinski definition) is 4. The van der Waals surface area contributed by atoms with Crippen molar-refractivity contribution < 1.29 is 14.3 Å². The summed E-state index contributed by atoms with van der Waals surface area (Å²) in [7, 11) is 0. The quantitative estimate of drug-likeness (QED) is 0.109. The Hall–Kier alpha value is -3.79. The molecule has 4 heteroatoms. The molecule has 4 nitrogen and oxygen atoms in total. The summed E-state index contributed by atoms with van der Waals surface area (Å²) in [5.74, 6) is -0.703. The third kappa shape index (κ3) is 6.74. The minimum absolute atomic E-state index is 0.193. The number of unbranched alkanes of at least 4 members (excludes halogenated alkanes) is 4. The number of aryl methyl sites for hydroxylation is 2. The predicted molar refractivity (Wildman–Crippen MR) is 155 cm³/mol. The zero-order valence-corrected chi connectivity index (χ0v) is 22.7. The lowest BCUT2D eigenvalue weighted by atomic mass is 10.00. The van der Waals surface area contributed by atoms with E-state index < -0.39 is 12.1 Å². The molecule has 0 saturated carbocycles. The number of fused-ring (bicyclic) bond motifs is 1. The second-order valence-corrected chi connectivity index (χ2v) is 9.97. The number of carbonyl (C=O) groups is 2. The highest BCUT2D eigenvalue weighted by molar-refractivity contribution is 6.07. The molecule has 4 rings (SSSR count). The Morgan fingerprint density at radius 1 is 0.842 bits per heavy atom. The van der Waals surface area contributed by atoms with E-state index in [-0.39, 0.29) is 5.78 Å². The van der Waals surface area contributed by atoms with Gasteiger partial charge in [-0.3, -0.25) is 4.79 Å². The van der Waals surface area contributed by atoms with Crippen LogP contribution in [0.5, 0.6) is 0 Å². The van der Waals surface area contributed by atoms with Crippen molar-refractivity contribution in [2.24, 2.45) is 0 Å². The minimum atomic E-state index is -0.849. The highest BCUT2D eigenvalue weighted by atomic mass is 16.5.